The minimum Gasteiger partial charge on any atom is -0.467 e. The van der Waals surface area contributed by atoms with Crippen LogP contribution in [0, 0.1) is 0 Å². The molecule has 0 saturated carbocycles. The summed E-state index contributed by atoms with van der Waals surface area (Å²) in [6.45, 7) is 2.89. The molecule has 6 heterocycles. The van der Waals surface area contributed by atoms with E-state index in [-0.39, 0.29) is 5.91 Å². The number of hydrogen-bond acceptors (Lipinski definition) is 8. The maximum atomic E-state index is 13.7. The number of rotatable bonds is 5. The summed E-state index contributed by atoms with van der Waals surface area (Å²) in [5, 5.41) is 5.24. The van der Waals surface area contributed by atoms with Crippen LogP contribution in [0.1, 0.15) is 16.1 Å². The summed E-state index contributed by atoms with van der Waals surface area (Å²) in [5.74, 6) is 1.40. The number of anilines is 1. The van der Waals surface area contributed by atoms with Gasteiger partial charge < -0.3 is 14.2 Å². The summed E-state index contributed by atoms with van der Waals surface area (Å²) >= 11 is 0. The molecule has 10 nitrogen and oxygen atoms in total. The van der Waals surface area contributed by atoms with Crippen LogP contribution in [0.2, 0.25) is 0 Å². The van der Waals surface area contributed by atoms with Gasteiger partial charge in [-0.1, -0.05) is 0 Å². The second-order valence-corrected chi connectivity index (χ2v) is 8.24. The third-order valence-corrected chi connectivity index (χ3v) is 6.08. The van der Waals surface area contributed by atoms with E-state index < -0.39 is 0 Å². The summed E-state index contributed by atoms with van der Waals surface area (Å²) < 4.78 is 7.26. The van der Waals surface area contributed by atoms with Crippen LogP contribution in [-0.4, -0.2) is 66.7 Å². The molecule has 0 bridgehead atoms. The molecule has 10 heteroatoms. The summed E-state index contributed by atoms with van der Waals surface area (Å²) in [6.07, 6.45) is 10.3. The van der Waals surface area contributed by atoms with E-state index in [0.29, 0.717) is 61.0 Å². The first-order valence-electron chi connectivity index (χ1n) is 11.4. The number of fused-ring (bicyclic) bond motifs is 1. The van der Waals surface area contributed by atoms with Crippen molar-refractivity contribution in [3.8, 4) is 11.3 Å². The maximum absolute atomic E-state index is 13.7. The molecule has 1 amide bonds. The van der Waals surface area contributed by atoms with Crippen molar-refractivity contribution in [3.63, 3.8) is 0 Å². The van der Waals surface area contributed by atoms with E-state index in [0.717, 1.165) is 11.3 Å². The van der Waals surface area contributed by atoms with Gasteiger partial charge in [0, 0.05) is 56.5 Å². The Morgan fingerprint density at radius 2 is 1.83 bits per heavy atom. The Morgan fingerprint density at radius 1 is 0.971 bits per heavy atom. The molecule has 0 atom stereocenters. The molecule has 5 aromatic rings. The number of amides is 1. The van der Waals surface area contributed by atoms with E-state index in [1.165, 1.54) is 0 Å². The van der Waals surface area contributed by atoms with Crippen LogP contribution < -0.4 is 4.90 Å². The minimum absolute atomic E-state index is 0.0475. The Kier molecular flexibility index (Phi) is 5.38. The van der Waals surface area contributed by atoms with E-state index in [1.54, 1.807) is 48.0 Å². The van der Waals surface area contributed by atoms with Gasteiger partial charge in [0.15, 0.2) is 5.65 Å². The van der Waals surface area contributed by atoms with Crippen LogP contribution >= 0.6 is 0 Å². The van der Waals surface area contributed by atoms with Gasteiger partial charge in [-0.3, -0.25) is 9.78 Å². The molecule has 1 saturated heterocycles. The predicted octanol–water partition coefficient (Wildman–Crippen LogP) is 2.89. The first-order valence-corrected chi connectivity index (χ1v) is 11.4. The first-order chi connectivity index (χ1) is 17.3. The largest absolute Gasteiger partial charge is 0.467 e. The molecule has 174 valence electrons. The Bertz CT molecular complexity index is 1440. The summed E-state index contributed by atoms with van der Waals surface area (Å²) in [4.78, 5) is 35.4. The number of carbonyl (C=O) groups is 1. The van der Waals surface area contributed by atoms with Gasteiger partial charge in [0.05, 0.1) is 29.1 Å². The van der Waals surface area contributed by atoms with Crippen LogP contribution in [-0.2, 0) is 6.54 Å². The summed E-state index contributed by atoms with van der Waals surface area (Å²) in [7, 11) is 0. The van der Waals surface area contributed by atoms with E-state index >= 15 is 0 Å². The Morgan fingerprint density at radius 3 is 2.57 bits per heavy atom. The lowest BCUT2D eigenvalue weighted by Gasteiger charge is -2.34. The lowest BCUT2D eigenvalue weighted by Crippen LogP contribution is -2.49. The van der Waals surface area contributed by atoms with E-state index in [2.05, 4.69) is 25.0 Å². The minimum atomic E-state index is -0.0475. The second-order valence-electron chi connectivity index (χ2n) is 8.24. The van der Waals surface area contributed by atoms with E-state index in [1.807, 2.05) is 35.2 Å². The normalized spacial score (nSPS) is 13.9. The standard InChI is InChI=1S/C25H22N8O2/c34-24(31-9-11-32(12-10-31)25-27-7-3-8-28-25)20-14-22(18-4-1-6-26-15-18)30-23-21(20)16-29-33(23)17-19-5-2-13-35-19/h1-8,13-16H,9-12,17H2. The van der Waals surface area contributed by atoms with Crippen LogP contribution in [0.3, 0.4) is 0 Å². The van der Waals surface area contributed by atoms with E-state index in [4.69, 9.17) is 9.40 Å². The van der Waals surface area contributed by atoms with Gasteiger partial charge in [0.25, 0.3) is 5.91 Å². The summed E-state index contributed by atoms with van der Waals surface area (Å²) in [6, 6.07) is 11.2. The highest BCUT2D eigenvalue weighted by molar-refractivity contribution is 6.06. The first kappa shape index (κ1) is 21.0. The zero-order valence-corrected chi connectivity index (χ0v) is 18.9. The molecule has 0 aromatic carbocycles. The third kappa shape index (κ3) is 4.10. The quantitative estimate of drug-likeness (QED) is 0.389. The molecule has 0 radical (unpaired) electrons. The lowest BCUT2D eigenvalue weighted by molar-refractivity contribution is 0.0748. The molecular weight excluding hydrogens is 444 g/mol. The molecule has 0 aliphatic carbocycles. The van der Waals surface area contributed by atoms with Gasteiger partial charge >= 0.3 is 0 Å². The fourth-order valence-corrected chi connectivity index (χ4v) is 4.29. The van der Waals surface area contributed by atoms with Gasteiger partial charge in [-0.05, 0) is 36.4 Å². The highest BCUT2D eigenvalue weighted by Gasteiger charge is 2.26. The molecule has 6 rings (SSSR count). The highest BCUT2D eigenvalue weighted by atomic mass is 16.3. The molecule has 1 aliphatic rings. The molecule has 5 aromatic heterocycles. The second kappa shape index (κ2) is 8.98. The van der Waals surface area contributed by atoms with Crippen LogP contribution in [0.15, 0.2) is 78.1 Å². The monoisotopic (exact) mass is 466 g/mol. The van der Waals surface area contributed by atoms with Gasteiger partial charge in [0.1, 0.15) is 12.3 Å². The Balaban J connectivity index is 1.34. The fraction of sp³-hybridized carbons (Fsp3) is 0.200. The number of aromatic nitrogens is 6. The van der Waals surface area contributed by atoms with E-state index in [9.17, 15) is 4.79 Å². The molecule has 0 N–H and O–H groups in total. The van der Waals surface area contributed by atoms with Gasteiger partial charge in [-0.2, -0.15) is 5.10 Å². The zero-order valence-electron chi connectivity index (χ0n) is 18.9. The zero-order chi connectivity index (χ0) is 23.6. The predicted molar refractivity (Wildman–Crippen MR) is 129 cm³/mol. The average molecular weight is 467 g/mol. The molecule has 35 heavy (non-hydrogen) atoms. The van der Waals surface area contributed by atoms with Gasteiger partial charge in [-0.15, -0.1) is 0 Å². The molecule has 1 aliphatic heterocycles. The van der Waals surface area contributed by atoms with Crippen LogP contribution in [0.5, 0.6) is 0 Å². The topological polar surface area (TPSA) is 106 Å². The number of furan rings is 1. The average Bonchev–Trinajstić information content (AvgIpc) is 3.59. The lowest BCUT2D eigenvalue weighted by atomic mass is 10.1. The van der Waals surface area contributed by atoms with Gasteiger partial charge in [0.2, 0.25) is 5.95 Å². The summed E-state index contributed by atoms with van der Waals surface area (Å²) in [5.41, 5.74) is 2.71. The van der Waals surface area contributed by atoms with Crippen molar-refractivity contribution in [2.24, 2.45) is 0 Å². The van der Waals surface area contributed by atoms with Crippen molar-refractivity contribution < 1.29 is 9.21 Å². The number of nitrogens with zero attached hydrogens (tertiary/aromatic N) is 8. The molecule has 0 unspecified atom stereocenters. The van der Waals surface area contributed by atoms with Crippen molar-refractivity contribution in [3.05, 3.63) is 85.0 Å². The molecule has 1 fully saturated rings. The van der Waals surface area contributed by atoms with Crippen molar-refractivity contribution in [1.82, 2.24) is 34.6 Å². The van der Waals surface area contributed by atoms with Crippen LogP contribution in [0.25, 0.3) is 22.3 Å². The fourth-order valence-electron chi connectivity index (χ4n) is 4.29. The van der Waals surface area contributed by atoms with Crippen molar-refractivity contribution in [1.29, 1.82) is 0 Å². The Labute approximate surface area is 200 Å². The number of carbonyl (C=O) groups excluding carboxylic acids is 1. The number of hydrogen-bond donors (Lipinski definition) is 0. The van der Waals surface area contributed by atoms with Crippen molar-refractivity contribution >= 4 is 22.9 Å². The third-order valence-electron chi connectivity index (χ3n) is 6.08. The SMILES string of the molecule is O=C(c1cc(-c2cccnc2)nc2c1cnn2Cc1ccco1)N1CCN(c2ncccn2)CC1. The van der Waals surface area contributed by atoms with Gasteiger partial charge in [-0.25, -0.2) is 19.6 Å². The highest BCUT2D eigenvalue weighted by Crippen LogP contribution is 2.26. The van der Waals surface area contributed by atoms with Crippen molar-refractivity contribution in [2.75, 3.05) is 31.1 Å². The number of piperazine rings is 1. The maximum Gasteiger partial charge on any atom is 0.254 e. The van der Waals surface area contributed by atoms with Crippen molar-refractivity contribution in [2.45, 2.75) is 6.54 Å². The smallest absolute Gasteiger partial charge is 0.254 e. The Hall–Kier alpha value is -4.60. The molecule has 0 spiro atoms. The molecular formula is C25H22N8O2. The van der Waals surface area contributed by atoms with Crippen LogP contribution in [0.4, 0.5) is 5.95 Å². The number of pyridine rings is 2.